The Labute approximate surface area is 114 Å². The van der Waals surface area contributed by atoms with Crippen LogP contribution in [0.5, 0.6) is 0 Å². The van der Waals surface area contributed by atoms with Crippen LogP contribution >= 0.6 is 0 Å². The lowest BCUT2D eigenvalue weighted by atomic mass is 9.77. The lowest BCUT2D eigenvalue weighted by molar-refractivity contribution is 0.180. The van der Waals surface area contributed by atoms with Crippen molar-refractivity contribution in [2.75, 3.05) is 6.54 Å². The molecule has 0 radical (unpaired) electrons. The zero-order valence-electron chi connectivity index (χ0n) is 11.5. The lowest BCUT2D eigenvalue weighted by Gasteiger charge is -2.39. The molecule has 5 heteroatoms. The maximum absolute atomic E-state index is 4.78. The monoisotopic (exact) mass is 264 g/mol. The van der Waals surface area contributed by atoms with Crippen LogP contribution in [0.25, 0.3) is 0 Å². The highest BCUT2D eigenvalue weighted by molar-refractivity contribution is 4.91. The van der Waals surface area contributed by atoms with Gasteiger partial charge in [0.25, 0.3) is 0 Å². The fourth-order valence-corrected chi connectivity index (χ4v) is 3.63. The molecule has 1 saturated heterocycles. The molecular weight excluding hydrogens is 240 g/mol. The van der Waals surface area contributed by atoms with Crippen LogP contribution in [0.4, 0.5) is 0 Å². The smallest absolute Gasteiger partial charge is 0.213 e. The maximum Gasteiger partial charge on any atom is 0.213 e. The largest absolute Gasteiger partial charge is 0.343 e. The standard InChI is InChI=1S/C14H24N4O/c1-2-6-13(16-9-14-17-10-19-18-14)11(5-1)12-7-3-4-8-15-12/h10-13,15-16H,1-9H2. The van der Waals surface area contributed by atoms with Gasteiger partial charge in [0.15, 0.2) is 5.82 Å². The van der Waals surface area contributed by atoms with Crippen molar-refractivity contribution in [3.05, 3.63) is 12.2 Å². The van der Waals surface area contributed by atoms with Gasteiger partial charge in [-0.05, 0) is 38.1 Å². The van der Waals surface area contributed by atoms with Crippen molar-refractivity contribution in [3.8, 4) is 0 Å². The van der Waals surface area contributed by atoms with Crippen molar-refractivity contribution >= 4 is 0 Å². The second kappa shape index (κ2) is 6.48. The van der Waals surface area contributed by atoms with Gasteiger partial charge < -0.3 is 15.2 Å². The molecule has 0 aromatic carbocycles. The molecule has 2 heterocycles. The van der Waals surface area contributed by atoms with Crippen molar-refractivity contribution in [1.29, 1.82) is 0 Å². The van der Waals surface area contributed by atoms with Gasteiger partial charge >= 0.3 is 0 Å². The Morgan fingerprint density at radius 1 is 1.21 bits per heavy atom. The number of piperidine rings is 1. The zero-order chi connectivity index (χ0) is 12.9. The summed E-state index contributed by atoms with van der Waals surface area (Å²) in [4.78, 5) is 4.08. The Kier molecular flexibility index (Phi) is 4.45. The topological polar surface area (TPSA) is 63.0 Å². The summed E-state index contributed by atoms with van der Waals surface area (Å²) < 4.78 is 4.78. The third-order valence-electron chi connectivity index (χ3n) is 4.61. The van der Waals surface area contributed by atoms with Gasteiger partial charge in [-0.1, -0.05) is 24.4 Å². The quantitative estimate of drug-likeness (QED) is 0.869. The highest BCUT2D eigenvalue weighted by atomic mass is 16.5. The van der Waals surface area contributed by atoms with Crippen molar-refractivity contribution in [2.24, 2.45) is 5.92 Å². The molecule has 0 spiro atoms. The Bertz CT molecular complexity index is 362. The van der Waals surface area contributed by atoms with E-state index in [0.29, 0.717) is 12.1 Å². The van der Waals surface area contributed by atoms with Gasteiger partial charge in [0.1, 0.15) is 0 Å². The predicted octanol–water partition coefficient (Wildman–Crippen LogP) is 1.86. The van der Waals surface area contributed by atoms with Crippen molar-refractivity contribution < 1.29 is 4.52 Å². The summed E-state index contributed by atoms with van der Waals surface area (Å²) in [5.41, 5.74) is 0. The molecule has 2 fully saturated rings. The van der Waals surface area contributed by atoms with Crippen LogP contribution in [0.1, 0.15) is 50.8 Å². The van der Waals surface area contributed by atoms with E-state index in [2.05, 4.69) is 20.8 Å². The van der Waals surface area contributed by atoms with Gasteiger partial charge in [0.05, 0.1) is 6.54 Å². The average molecular weight is 264 g/mol. The molecule has 3 atom stereocenters. The van der Waals surface area contributed by atoms with E-state index in [-0.39, 0.29) is 0 Å². The molecule has 3 rings (SSSR count). The van der Waals surface area contributed by atoms with E-state index in [4.69, 9.17) is 4.52 Å². The normalized spacial score (nSPS) is 32.3. The van der Waals surface area contributed by atoms with E-state index < -0.39 is 0 Å². The van der Waals surface area contributed by atoms with Crippen LogP contribution in [0.3, 0.4) is 0 Å². The summed E-state index contributed by atoms with van der Waals surface area (Å²) in [6.45, 7) is 1.92. The van der Waals surface area contributed by atoms with Gasteiger partial charge in [-0.3, -0.25) is 0 Å². The summed E-state index contributed by atoms with van der Waals surface area (Å²) in [5.74, 6) is 1.53. The number of rotatable bonds is 4. The Morgan fingerprint density at radius 3 is 2.89 bits per heavy atom. The van der Waals surface area contributed by atoms with Gasteiger partial charge in [0.2, 0.25) is 6.39 Å². The van der Waals surface area contributed by atoms with E-state index >= 15 is 0 Å². The first-order valence-electron chi connectivity index (χ1n) is 7.65. The summed E-state index contributed by atoms with van der Waals surface area (Å²) in [6.07, 6.45) is 10.8. The molecule has 2 aliphatic rings. The second-order valence-electron chi connectivity index (χ2n) is 5.84. The molecule has 0 bridgehead atoms. The summed E-state index contributed by atoms with van der Waals surface area (Å²) in [7, 11) is 0. The van der Waals surface area contributed by atoms with Crippen LogP contribution in [-0.2, 0) is 6.54 Å². The third kappa shape index (κ3) is 3.34. The second-order valence-corrected chi connectivity index (χ2v) is 5.84. The van der Waals surface area contributed by atoms with E-state index in [1.165, 1.54) is 57.9 Å². The zero-order valence-corrected chi connectivity index (χ0v) is 11.5. The number of nitrogens with one attached hydrogen (secondary N) is 2. The molecule has 1 aromatic rings. The summed E-state index contributed by atoms with van der Waals surface area (Å²) in [6, 6.07) is 1.31. The first kappa shape index (κ1) is 13.1. The SMILES string of the molecule is c1nc(CNC2CCCCC2C2CCCCN2)no1. The molecule has 5 nitrogen and oxygen atoms in total. The number of aromatic nitrogens is 2. The Balaban J connectivity index is 1.56. The van der Waals surface area contributed by atoms with Crippen LogP contribution < -0.4 is 10.6 Å². The average Bonchev–Trinajstić information content (AvgIpc) is 3.00. The highest BCUT2D eigenvalue weighted by Crippen LogP contribution is 2.30. The number of hydrogen-bond donors (Lipinski definition) is 2. The fraction of sp³-hybridized carbons (Fsp3) is 0.857. The number of hydrogen-bond acceptors (Lipinski definition) is 5. The fourth-order valence-electron chi connectivity index (χ4n) is 3.63. The minimum Gasteiger partial charge on any atom is -0.343 e. The molecule has 2 N–H and O–H groups in total. The highest BCUT2D eigenvalue weighted by Gasteiger charge is 2.32. The van der Waals surface area contributed by atoms with E-state index in [1.807, 2.05) is 0 Å². The van der Waals surface area contributed by atoms with Gasteiger partial charge in [-0.2, -0.15) is 4.98 Å². The number of nitrogens with zero attached hydrogens (tertiary/aromatic N) is 2. The molecular formula is C14H24N4O. The molecule has 19 heavy (non-hydrogen) atoms. The van der Waals surface area contributed by atoms with Crippen LogP contribution in [0.2, 0.25) is 0 Å². The Morgan fingerprint density at radius 2 is 2.11 bits per heavy atom. The Hall–Kier alpha value is -0.940. The van der Waals surface area contributed by atoms with Crippen molar-refractivity contribution in [2.45, 2.75) is 63.6 Å². The van der Waals surface area contributed by atoms with Crippen molar-refractivity contribution in [3.63, 3.8) is 0 Å². The summed E-state index contributed by atoms with van der Waals surface area (Å²) in [5, 5.41) is 11.2. The van der Waals surface area contributed by atoms with Crippen LogP contribution in [-0.4, -0.2) is 28.8 Å². The molecule has 1 aliphatic heterocycles. The third-order valence-corrected chi connectivity index (χ3v) is 4.61. The molecule has 1 aliphatic carbocycles. The molecule has 106 valence electrons. The molecule has 0 amide bonds. The van der Waals surface area contributed by atoms with E-state index in [9.17, 15) is 0 Å². The molecule has 1 aromatic heterocycles. The van der Waals surface area contributed by atoms with E-state index in [0.717, 1.165) is 18.3 Å². The predicted molar refractivity (Wildman–Crippen MR) is 72.5 cm³/mol. The first-order chi connectivity index (χ1) is 9.43. The minimum atomic E-state index is 0.600. The van der Waals surface area contributed by atoms with Gasteiger partial charge in [0, 0.05) is 12.1 Å². The minimum absolute atomic E-state index is 0.600. The maximum atomic E-state index is 4.78. The van der Waals surface area contributed by atoms with Crippen molar-refractivity contribution in [1.82, 2.24) is 20.8 Å². The molecule has 1 saturated carbocycles. The molecule has 3 unspecified atom stereocenters. The first-order valence-corrected chi connectivity index (χ1v) is 7.65. The van der Waals surface area contributed by atoms with Crippen LogP contribution in [0, 0.1) is 5.92 Å². The van der Waals surface area contributed by atoms with Gasteiger partial charge in [-0.15, -0.1) is 0 Å². The van der Waals surface area contributed by atoms with Crippen LogP contribution in [0.15, 0.2) is 10.9 Å². The summed E-state index contributed by atoms with van der Waals surface area (Å²) >= 11 is 0. The lowest BCUT2D eigenvalue weighted by Crippen LogP contribution is -2.50. The van der Waals surface area contributed by atoms with Gasteiger partial charge in [-0.25, -0.2) is 0 Å². The van der Waals surface area contributed by atoms with E-state index in [1.54, 1.807) is 0 Å².